The Morgan fingerprint density at radius 3 is 2.22 bits per heavy atom. The van der Waals surface area contributed by atoms with Crippen molar-refractivity contribution in [2.45, 2.75) is 0 Å². The second-order valence-corrected chi connectivity index (χ2v) is 7.00. The smallest absolute Gasteiger partial charge is 0.232 e. The number of aromatic nitrogens is 3. The fourth-order valence-corrected chi connectivity index (χ4v) is 2.43. The third-order valence-corrected chi connectivity index (χ3v) is 3.90. The second kappa shape index (κ2) is 6.91. The highest BCUT2D eigenvalue weighted by molar-refractivity contribution is 7.95. The first-order valence-electron chi connectivity index (χ1n) is 6.04. The summed E-state index contributed by atoms with van der Waals surface area (Å²) >= 11 is 11.4. The quantitative estimate of drug-likeness (QED) is 0.824. The van der Waals surface area contributed by atoms with Crippen LogP contribution in [0.5, 0.6) is 0 Å². The molecule has 2 aromatic rings. The van der Waals surface area contributed by atoms with Gasteiger partial charge >= 0.3 is 0 Å². The fraction of sp³-hybridized carbons (Fsp3) is 0.0769. The molecular formula is C13H9Cl2N5O2S. The summed E-state index contributed by atoms with van der Waals surface area (Å²) in [4.78, 5) is 11.0. The number of allylic oxidation sites excluding steroid dienone is 1. The van der Waals surface area contributed by atoms with Crippen LogP contribution in [-0.4, -0.2) is 29.6 Å². The van der Waals surface area contributed by atoms with Crippen molar-refractivity contribution in [3.05, 3.63) is 45.3 Å². The topological polar surface area (TPSA) is 109 Å². The molecule has 0 aliphatic carbocycles. The molecule has 0 atom stereocenters. The van der Waals surface area contributed by atoms with E-state index in [0.717, 1.165) is 6.26 Å². The summed E-state index contributed by atoms with van der Waals surface area (Å²) in [5, 5.41) is 11.7. The van der Waals surface area contributed by atoms with Crippen molar-refractivity contribution in [3.8, 4) is 6.07 Å². The molecule has 0 radical (unpaired) electrons. The molecule has 2 rings (SSSR count). The summed E-state index contributed by atoms with van der Waals surface area (Å²) in [7, 11) is -3.55. The van der Waals surface area contributed by atoms with E-state index >= 15 is 0 Å². The standard InChI is InChI=1S/C13H9Cl2N5O2S/c1-23(21,22)10(7-16)6-8-2-4-9(5-3-8)17-13-19-11(14)18-12(15)20-13/h2-6H,1H3,(H,17,18,19,20)/b10-6-. The predicted molar refractivity (Wildman–Crippen MR) is 88.0 cm³/mol. The lowest BCUT2D eigenvalue weighted by Crippen LogP contribution is -2.00. The lowest BCUT2D eigenvalue weighted by atomic mass is 10.2. The number of rotatable bonds is 4. The van der Waals surface area contributed by atoms with Crippen LogP contribution in [0.15, 0.2) is 29.2 Å². The highest BCUT2D eigenvalue weighted by Gasteiger charge is 2.10. The Balaban J connectivity index is 2.23. The van der Waals surface area contributed by atoms with E-state index in [-0.39, 0.29) is 21.4 Å². The van der Waals surface area contributed by atoms with Crippen LogP contribution in [0.1, 0.15) is 5.56 Å². The maximum atomic E-state index is 11.4. The van der Waals surface area contributed by atoms with Crippen molar-refractivity contribution in [1.29, 1.82) is 5.26 Å². The molecule has 0 unspecified atom stereocenters. The van der Waals surface area contributed by atoms with E-state index < -0.39 is 9.84 Å². The van der Waals surface area contributed by atoms with E-state index in [1.165, 1.54) is 6.08 Å². The molecule has 0 aliphatic heterocycles. The van der Waals surface area contributed by atoms with Crippen LogP contribution in [0.2, 0.25) is 10.6 Å². The van der Waals surface area contributed by atoms with Crippen molar-refractivity contribution in [2.24, 2.45) is 0 Å². The molecule has 1 aromatic carbocycles. The Labute approximate surface area is 142 Å². The van der Waals surface area contributed by atoms with Gasteiger partial charge in [-0.3, -0.25) is 0 Å². The molecule has 10 heteroatoms. The van der Waals surface area contributed by atoms with Crippen LogP contribution in [0.3, 0.4) is 0 Å². The van der Waals surface area contributed by atoms with Gasteiger partial charge in [-0.2, -0.15) is 20.2 Å². The molecule has 1 aromatic heterocycles. The van der Waals surface area contributed by atoms with Crippen molar-refractivity contribution < 1.29 is 8.42 Å². The summed E-state index contributed by atoms with van der Waals surface area (Å²) in [5.74, 6) is 0.173. The minimum Gasteiger partial charge on any atom is -0.324 e. The Hall–Kier alpha value is -2.21. The highest BCUT2D eigenvalue weighted by Crippen LogP contribution is 2.18. The largest absolute Gasteiger partial charge is 0.324 e. The fourth-order valence-electron chi connectivity index (χ4n) is 1.55. The molecular weight excluding hydrogens is 361 g/mol. The van der Waals surface area contributed by atoms with Gasteiger partial charge < -0.3 is 5.32 Å². The molecule has 23 heavy (non-hydrogen) atoms. The summed E-state index contributed by atoms with van der Waals surface area (Å²) in [6.07, 6.45) is 2.27. The Morgan fingerprint density at radius 2 is 1.74 bits per heavy atom. The third kappa shape index (κ3) is 4.89. The number of anilines is 2. The van der Waals surface area contributed by atoms with Gasteiger partial charge in [0.25, 0.3) is 0 Å². The molecule has 0 bridgehead atoms. The number of nitrogens with one attached hydrogen (secondary N) is 1. The molecule has 118 valence electrons. The average molecular weight is 370 g/mol. The van der Waals surface area contributed by atoms with Gasteiger partial charge in [-0.05, 0) is 47.0 Å². The van der Waals surface area contributed by atoms with Crippen LogP contribution < -0.4 is 5.32 Å². The van der Waals surface area contributed by atoms with E-state index in [9.17, 15) is 8.42 Å². The van der Waals surface area contributed by atoms with E-state index in [1.54, 1.807) is 30.3 Å². The van der Waals surface area contributed by atoms with Crippen molar-refractivity contribution in [1.82, 2.24) is 15.0 Å². The number of halogens is 2. The zero-order valence-electron chi connectivity index (χ0n) is 11.7. The summed E-state index contributed by atoms with van der Waals surface area (Å²) in [5.41, 5.74) is 1.18. The van der Waals surface area contributed by atoms with Crippen LogP contribution in [0.25, 0.3) is 6.08 Å². The lowest BCUT2D eigenvalue weighted by Gasteiger charge is -2.05. The second-order valence-electron chi connectivity index (χ2n) is 4.34. The van der Waals surface area contributed by atoms with Crippen LogP contribution in [0.4, 0.5) is 11.6 Å². The molecule has 0 fully saturated rings. The van der Waals surface area contributed by atoms with Crippen LogP contribution in [-0.2, 0) is 9.84 Å². The number of hydrogen-bond acceptors (Lipinski definition) is 7. The van der Waals surface area contributed by atoms with E-state index in [2.05, 4.69) is 20.3 Å². The van der Waals surface area contributed by atoms with Gasteiger partial charge in [0.05, 0.1) is 0 Å². The minimum atomic E-state index is -3.55. The zero-order chi connectivity index (χ0) is 17.0. The molecule has 1 N–H and O–H groups in total. The van der Waals surface area contributed by atoms with Gasteiger partial charge in [0.1, 0.15) is 11.0 Å². The summed E-state index contributed by atoms with van der Waals surface area (Å²) in [6, 6.07) is 8.25. The number of hydrogen-bond donors (Lipinski definition) is 1. The number of benzene rings is 1. The van der Waals surface area contributed by atoms with Gasteiger partial charge in [0, 0.05) is 11.9 Å². The molecule has 0 aliphatic rings. The van der Waals surface area contributed by atoms with E-state index in [4.69, 9.17) is 28.5 Å². The zero-order valence-corrected chi connectivity index (χ0v) is 14.0. The number of nitrogens with zero attached hydrogens (tertiary/aromatic N) is 4. The van der Waals surface area contributed by atoms with E-state index in [0.29, 0.717) is 11.3 Å². The van der Waals surface area contributed by atoms with Gasteiger partial charge in [-0.25, -0.2) is 8.42 Å². The van der Waals surface area contributed by atoms with Gasteiger partial charge in [0.2, 0.25) is 16.5 Å². The molecule has 0 saturated carbocycles. The van der Waals surface area contributed by atoms with Crippen molar-refractivity contribution in [2.75, 3.05) is 11.6 Å². The lowest BCUT2D eigenvalue weighted by molar-refractivity contribution is 0.609. The molecule has 1 heterocycles. The predicted octanol–water partition coefficient (Wildman–Crippen LogP) is 2.83. The van der Waals surface area contributed by atoms with Gasteiger partial charge in [-0.1, -0.05) is 12.1 Å². The molecule has 7 nitrogen and oxygen atoms in total. The molecule has 0 saturated heterocycles. The maximum absolute atomic E-state index is 11.4. The molecule has 0 amide bonds. The van der Waals surface area contributed by atoms with Gasteiger partial charge in [-0.15, -0.1) is 0 Å². The Kier molecular flexibility index (Phi) is 5.15. The monoisotopic (exact) mass is 369 g/mol. The number of nitriles is 1. The minimum absolute atomic E-state index is 0.0427. The Morgan fingerprint density at radius 1 is 1.17 bits per heavy atom. The first kappa shape index (κ1) is 17.1. The first-order valence-corrected chi connectivity index (χ1v) is 8.68. The molecule has 0 spiro atoms. The van der Waals surface area contributed by atoms with Crippen molar-refractivity contribution >= 4 is 50.8 Å². The maximum Gasteiger partial charge on any atom is 0.232 e. The van der Waals surface area contributed by atoms with Crippen LogP contribution in [0, 0.1) is 11.3 Å². The summed E-state index contributed by atoms with van der Waals surface area (Å²) < 4.78 is 22.8. The van der Waals surface area contributed by atoms with Crippen LogP contribution >= 0.6 is 23.2 Å². The van der Waals surface area contributed by atoms with E-state index in [1.807, 2.05) is 0 Å². The Bertz CT molecular complexity index is 885. The summed E-state index contributed by atoms with van der Waals surface area (Å²) in [6.45, 7) is 0. The first-order chi connectivity index (χ1) is 10.8. The SMILES string of the molecule is CS(=O)(=O)/C(C#N)=C\c1ccc(Nc2nc(Cl)nc(Cl)n2)cc1. The van der Waals surface area contributed by atoms with Crippen molar-refractivity contribution in [3.63, 3.8) is 0 Å². The number of sulfone groups is 1. The average Bonchev–Trinajstić information content (AvgIpc) is 2.44. The third-order valence-electron chi connectivity index (χ3n) is 2.56. The van der Waals surface area contributed by atoms with Gasteiger partial charge in [0.15, 0.2) is 9.84 Å². The highest BCUT2D eigenvalue weighted by atomic mass is 35.5. The normalized spacial score (nSPS) is 11.8.